The highest BCUT2D eigenvalue weighted by atomic mass is 16.8. The molecular weight excluding hydrogens is 700 g/mol. The van der Waals surface area contributed by atoms with Gasteiger partial charge < -0.3 is 105 Å². The van der Waals surface area contributed by atoms with E-state index in [0.29, 0.717) is 0 Å². The number of ether oxygens (including phenoxy) is 7. The molecule has 0 saturated carbocycles. The van der Waals surface area contributed by atoms with Gasteiger partial charge in [-0.05, 0) is 0 Å². The Hall–Kier alpha value is -1.82. The minimum absolute atomic E-state index is 0.656. The van der Waals surface area contributed by atoms with Crippen LogP contribution in [0.25, 0.3) is 0 Å². The van der Waals surface area contributed by atoms with E-state index < -0.39 is 161 Å². The number of rotatable bonds is 12. The van der Waals surface area contributed by atoms with E-state index in [4.69, 9.17) is 33.2 Å². The predicted octanol–water partition coefficient (Wildman–Crippen LogP) is -9.46. The third kappa shape index (κ3) is 9.29. The third-order valence-electron chi connectivity index (χ3n) is 8.99. The maximum Gasteiger partial charge on any atom is 0.217 e. The summed E-state index contributed by atoms with van der Waals surface area (Å²) in [5.41, 5.74) is 0. The molecule has 0 aliphatic carbocycles. The average Bonchev–Trinajstić information content (AvgIpc) is 3.09. The number of hydrogen-bond donors (Lipinski definition) is 14. The molecule has 0 spiro atoms. The van der Waals surface area contributed by atoms with Crippen molar-refractivity contribution in [2.24, 2.45) is 0 Å². The number of hydrogen-bond acceptors (Lipinski definition) is 21. The van der Waals surface area contributed by atoms with Crippen molar-refractivity contribution in [1.82, 2.24) is 10.6 Å². The molecule has 9 unspecified atom stereocenters. The first kappa shape index (κ1) is 41.9. The predicted molar refractivity (Wildman–Crippen MR) is 157 cm³/mol. The number of nitrogens with one attached hydrogen (secondary N) is 2. The molecule has 0 radical (unpaired) electrons. The first-order valence-electron chi connectivity index (χ1n) is 16.1. The first-order chi connectivity index (χ1) is 24.0. The van der Waals surface area contributed by atoms with Gasteiger partial charge in [0.25, 0.3) is 0 Å². The summed E-state index contributed by atoms with van der Waals surface area (Å²) >= 11 is 0. The molecule has 0 bridgehead atoms. The first-order valence-corrected chi connectivity index (χ1v) is 16.1. The highest BCUT2D eigenvalue weighted by Crippen LogP contribution is 2.33. The fourth-order valence-corrected chi connectivity index (χ4v) is 6.25. The zero-order chi connectivity index (χ0) is 37.9. The lowest BCUT2D eigenvalue weighted by Gasteiger charge is -2.49. The van der Waals surface area contributed by atoms with E-state index in [1.807, 2.05) is 0 Å². The zero-order valence-corrected chi connectivity index (χ0v) is 27.4. The van der Waals surface area contributed by atoms with Crippen molar-refractivity contribution < 1.29 is 104 Å². The SMILES string of the molecule is CC(=O)NC1C(O)OC(CO)[C@@H](O[C@@H]2OC(CO)[C@@H](O[C@@H]3OC(CO[C@H]4OC(CO)[C@@H](O)[C@H](O)C4O)[C@@H](O)[C@H](O)C3O)[C@H](O)C2NC(C)=O)[C@@H]1O. The van der Waals surface area contributed by atoms with E-state index >= 15 is 0 Å². The molecule has 4 rings (SSSR count). The average molecular weight is 749 g/mol. The highest BCUT2D eigenvalue weighted by molar-refractivity contribution is 5.73. The molecule has 4 aliphatic rings. The lowest BCUT2D eigenvalue weighted by Crippen LogP contribution is -2.70. The molecule has 51 heavy (non-hydrogen) atoms. The Morgan fingerprint density at radius 1 is 0.510 bits per heavy atom. The molecule has 4 aliphatic heterocycles. The van der Waals surface area contributed by atoms with E-state index in [1.165, 1.54) is 0 Å². The number of aliphatic hydroxyl groups is 12. The molecule has 0 aromatic heterocycles. The quantitative estimate of drug-likeness (QED) is 0.0881. The molecule has 14 N–H and O–H groups in total. The van der Waals surface area contributed by atoms with Gasteiger partial charge in [0.2, 0.25) is 11.8 Å². The van der Waals surface area contributed by atoms with Crippen LogP contribution in [-0.2, 0) is 42.7 Å². The molecule has 0 aromatic rings. The largest absolute Gasteiger partial charge is 0.394 e. The fourth-order valence-electron chi connectivity index (χ4n) is 6.25. The second kappa shape index (κ2) is 18.0. The van der Waals surface area contributed by atoms with Crippen molar-refractivity contribution in [3.05, 3.63) is 0 Å². The molecule has 296 valence electrons. The summed E-state index contributed by atoms with van der Waals surface area (Å²) in [7, 11) is 0. The molecule has 23 nitrogen and oxygen atoms in total. The van der Waals surface area contributed by atoms with E-state index in [-0.39, 0.29) is 0 Å². The van der Waals surface area contributed by atoms with Crippen LogP contribution in [0, 0.1) is 0 Å². The minimum Gasteiger partial charge on any atom is -0.394 e. The number of carbonyl (C=O) groups excluding carboxylic acids is 2. The highest BCUT2D eigenvalue weighted by Gasteiger charge is 2.54. The van der Waals surface area contributed by atoms with Gasteiger partial charge in [0, 0.05) is 13.8 Å². The monoisotopic (exact) mass is 748 g/mol. The number of carbonyl (C=O) groups is 2. The summed E-state index contributed by atoms with van der Waals surface area (Å²) in [6.07, 6.45) is -30.9. The third-order valence-corrected chi connectivity index (χ3v) is 8.99. The summed E-state index contributed by atoms with van der Waals surface area (Å²) in [5.74, 6) is -1.39. The van der Waals surface area contributed by atoms with Gasteiger partial charge in [-0.2, -0.15) is 0 Å². The van der Waals surface area contributed by atoms with Gasteiger partial charge >= 0.3 is 0 Å². The molecule has 4 fully saturated rings. The van der Waals surface area contributed by atoms with Crippen LogP contribution in [0.4, 0.5) is 0 Å². The Morgan fingerprint density at radius 3 is 1.49 bits per heavy atom. The Labute approximate surface area is 289 Å². The Bertz CT molecular complexity index is 1140. The molecule has 0 aromatic carbocycles. The van der Waals surface area contributed by atoms with Crippen LogP contribution in [0.5, 0.6) is 0 Å². The van der Waals surface area contributed by atoms with Gasteiger partial charge in [-0.1, -0.05) is 0 Å². The molecular formula is C28H48N2O21. The molecule has 4 heterocycles. The van der Waals surface area contributed by atoms with E-state index in [9.17, 15) is 70.9 Å². The number of amides is 2. The Kier molecular flexibility index (Phi) is 14.8. The second-order valence-electron chi connectivity index (χ2n) is 12.7. The lowest BCUT2D eigenvalue weighted by molar-refractivity contribution is -0.365. The van der Waals surface area contributed by atoms with Crippen molar-refractivity contribution >= 4 is 11.8 Å². The van der Waals surface area contributed by atoms with Crippen LogP contribution in [0.15, 0.2) is 0 Å². The summed E-state index contributed by atoms with van der Waals surface area (Å²) in [6.45, 7) is -0.998. The van der Waals surface area contributed by atoms with Crippen LogP contribution in [0.2, 0.25) is 0 Å². The van der Waals surface area contributed by atoms with Crippen LogP contribution in [-0.4, -0.2) is 222 Å². The number of aliphatic hydroxyl groups excluding tert-OH is 12. The molecule has 23 heteroatoms. The second-order valence-corrected chi connectivity index (χ2v) is 12.7. The lowest BCUT2D eigenvalue weighted by atomic mass is 9.94. The summed E-state index contributed by atoms with van der Waals surface area (Å²) in [4.78, 5) is 23.9. The van der Waals surface area contributed by atoms with Crippen molar-refractivity contribution in [3.63, 3.8) is 0 Å². The topological polar surface area (TPSA) is 366 Å². The van der Waals surface area contributed by atoms with Crippen LogP contribution in [0.1, 0.15) is 13.8 Å². The maximum absolute atomic E-state index is 12.2. The summed E-state index contributed by atoms with van der Waals surface area (Å²) < 4.78 is 38.9. The van der Waals surface area contributed by atoms with E-state index in [1.54, 1.807) is 0 Å². The van der Waals surface area contributed by atoms with Gasteiger partial charge in [-0.15, -0.1) is 0 Å². The minimum atomic E-state index is -2.00. The van der Waals surface area contributed by atoms with Crippen molar-refractivity contribution in [2.45, 2.75) is 137 Å². The Balaban J connectivity index is 1.50. The zero-order valence-electron chi connectivity index (χ0n) is 27.4. The van der Waals surface area contributed by atoms with Crippen LogP contribution < -0.4 is 10.6 Å². The smallest absolute Gasteiger partial charge is 0.217 e. The van der Waals surface area contributed by atoms with Gasteiger partial charge in [0.15, 0.2) is 25.2 Å². The van der Waals surface area contributed by atoms with Crippen LogP contribution in [0.3, 0.4) is 0 Å². The van der Waals surface area contributed by atoms with Crippen molar-refractivity contribution in [2.75, 3.05) is 26.4 Å². The van der Waals surface area contributed by atoms with E-state index in [0.717, 1.165) is 13.8 Å². The molecule has 20 atom stereocenters. The summed E-state index contributed by atoms with van der Waals surface area (Å²) in [5, 5.41) is 129. The van der Waals surface area contributed by atoms with Crippen molar-refractivity contribution in [3.8, 4) is 0 Å². The molecule has 2 amide bonds. The normalized spacial score (nSPS) is 47.8. The van der Waals surface area contributed by atoms with E-state index in [2.05, 4.69) is 10.6 Å². The van der Waals surface area contributed by atoms with Gasteiger partial charge in [0.1, 0.15) is 97.5 Å². The van der Waals surface area contributed by atoms with Gasteiger partial charge in [0.05, 0.1) is 26.4 Å². The Morgan fingerprint density at radius 2 is 0.941 bits per heavy atom. The van der Waals surface area contributed by atoms with Crippen LogP contribution >= 0.6 is 0 Å². The van der Waals surface area contributed by atoms with Crippen molar-refractivity contribution in [1.29, 1.82) is 0 Å². The fraction of sp³-hybridized carbons (Fsp3) is 0.929. The van der Waals surface area contributed by atoms with Gasteiger partial charge in [-0.3, -0.25) is 9.59 Å². The maximum atomic E-state index is 12.2. The molecule has 4 saturated heterocycles. The standard InChI is InChI=1S/C28H48N2O21/c1-7(34)29-13-17(38)23(10(4-32)46-25(13)44)50-26-14(30-8(2)35)18(39)24(11(5-33)48-26)51-28-22(43)20(41)16(37)12(49-28)6-45-27-21(42)19(40)15(36)9(3-31)47-27/h9-28,31-33,36-44H,3-6H2,1-2H3,(H,29,34)(H,30,35)/t9?,10?,11?,12?,13?,14?,15-,16-,17-,18-,19+,20+,21?,22?,23-,24-,25?,26+,27+,28+/m1/s1. The summed E-state index contributed by atoms with van der Waals surface area (Å²) in [6, 6.07) is -3.02. The van der Waals surface area contributed by atoms with Gasteiger partial charge in [-0.25, -0.2) is 0 Å².